The van der Waals surface area contributed by atoms with E-state index < -0.39 is 11.7 Å². The molecule has 1 unspecified atom stereocenters. The number of alkyl halides is 4. The van der Waals surface area contributed by atoms with Crippen molar-refractivity contribution in [2.45, 2.75) is 63.6 Å². The molecule has 162 valence electrons. The second-order valence-electron chi connectivity index (χ2n) is 7.78. The van der Waals surface area contributed by atoms with E-state index in [2.05, 4.69) is 10.3 Å². The van der Waals surface area contributed by atoms with E-state index in [1.807, 2.05) is 4.68 Å². The molecule has 1 heterocycles. The van der Waals surface area contributed by atoms with Crippen LogP contribution in [-0.4, -0.2) is 26.7 Å². The van der Waals surface area contributed by atoms with Gasteiger partial charge in [-0.05, 0) is 56.0 Å². The van der Waals surface area contributed by atoms with E-state index in [-0.39, 0.29) is 23.6 Å². The van der Waals surface area contributed by atoms with Crippen molar-refractivity contribution < 1.29 is 18.0 Å². The van der Waals surface area contributed by atoms with E-state index in [1.54, 1.807) is 6.08 Å². The first-order chi connectivity index (χ1) is 14.3. The molecule has 3 rings (SSSR count). The largest absolute Gasteiger partial charge is 0.416 e. The van der Waals surface area contributed by atoms with Gasteiger partial charge in [0.1, 0.15) is 5.69 Å². The molecule has 8 heteroatoms. The maximum absolute atomic E-state index is 12.9. The molecule has 0 radical (unpaired) electrons. The second-order valence-corrected chi connectivity index (χ2v) is 8.09. The summed E-state index contributed by atoms with van der Waals surface area (Å²) in [6, 6.07) is 5.37. The molecule has 30 heavy (non-hydrogen) atoms. The maximum atomic E-state index is 12.9. The summed E-state index contributed by atoms with van der Waals surface area (Å²) in [4.78, 5) is 11.4. The van der Waals surface area contributed by atoms with Crippen LogP contribution >= 0.6 is 11.6 Å². The Morgan fingerprint density at radius 3 is 2.47 bits per heavy atom. The van der Waals surface area contributed by atoms with Crippen LogP contribution in [0.2, 0.25) is 0 Å². The standard InChI is InChI=1S/C22H25ClF3N3O/c1-15(30)7-12-20-21(29(28-27-20)19-5-3-2-4-6-19)13-17(14-23)16-8-10-18(11-9-16)22(24,25)26/h7-12,17,19H,2-6,13-14H2,1H3/b12-7+. The van der Waals surface area contributed by atoms with Crippen molar-refractivity contribution in [3.05, 3.63) is 52.9 Å². The minimum atomic E-state index is -4.37. The summed E-state index contributed by atoms with van der Waals surface area (Å²) in [6.07, 6.45) is 4.69. The third-order valence-electron chi connectivity index (χ3n) is 5.55. The van der Waals surface area contributed by atoms with Crippen LogP contribution in [0.1, 0.15) is 73.5 Å². The Balaban J connectivity index is 1.91. The van der Waals surface area contributed by atoms with E-state index >= 15 is 0 Å². The lowest BCUT2D eigenvalue weighted by atomic mass is 9.92. The maximum Gasteiger partial charge on any atom is 0.416 e. The first-order valence-corrected chi connectivity index (χ1v) is 10.7. The van der Waals surface area contributed by atoms with Crippen LogP contribution in [0, 0.1) is 0 Å². The summed E-state index contributed by atoms with van der Waals surface area (Å²) >= 11 is 6.22. The Hall–Kier alpha value is -2.15. The van der Waals surface area contributed by atoms with Crippen molar-refractivity contribution in [3.8, 4) is 0 Å². The Morgan fingerprint density at radius 2 is 1.90 bits per heavy atom. The molecule has 1 aromatic carbocycles. The number of carbonyl (C=O) groups is 1. The predicted octanol–water partition coefficient (Wildman–Crippen LogP) is 5.97. The van der Waals surface area contributed by atoms with Crippen LogP contribution in [0.15, 0.2) is 30.3 Å². The van der Waals surface area contributed by atoms with Gasteiger partial charge in [-0.25, -0.2) is 4.68 Å². The van der Waals surface area contributed by atoms with Crippen LogP contribution in [0.3, 0.4) is 0 Å². The summed E-state index contributed by atoms with van der Waals surface area (Å²) in [7, 11) is 0. The van der Waals surface area contributed by atoms with Crippen molar-refractivity contribution in [1.29, 1.82) is 0 Å². The molecule has 1 aromatic heterocycles. The number of ketones is 1. The number of rotatable bonds is 7. The fraction of sp³-hybridized carbons (Fsp3) is 0.500. The van der Waals surface area contributed by atoms with Gasteiger partial charge in [0.15, 0.2) is 5.78 Å². The van der Waals surface area contributed by atoms with Crippen molar-refractivity contribution in [3.63, 3.8) is 0 Å². The van der Waals surface area contributed by atoms with Gasteiger partial charge in [-0.1, -0.05) is 36.6 Å². The SMILES string of the molecule is CC(=O)/C=C/c1nnn(C2CCCCC2)c1CC(CCl)c1ccc(C(F)(F)F)cc1. The lowest BCUT2D eigenvalue weighted by molar-refractivity contribution is -0.137. The highest BCUT2D eigenvalue weighted by Gasteiger charge is 2.30. The molecule has 0 saturated heterocycles. The van der Waals surface area contributed by atoms with Gasteiger partial charge in [-0.3, -0.25) is 4.79 Å². The molecule has 0 aliphatic heterocycles. The van der Waals surface area contributed by atoms with Crippen molar-refractivity contribution in [2.75, 3.05) is 5.88 Å². The quantitative estimate of drug-likeness (QED) is 0.394. The fourth-order valence-electron chi connectivity index (χ4n) is 3.91. The molecule has 0 bridgehead atoms. The van der Waals surface area contributed by atoms with Crippen molar-refractivity contribution in [1.82, 2.24) is 15.0 Å². The van der Waals surface area contributed by atoms with Gasteiger partial charge in [0.2, 0.25) is 0 Å². The first-order valence-electron chi connectivity index (χ1n) is 10.2. The van der Waals surface area contributed by atoms with Crippen LogP contribution in [-0.2, 0) is 17.4 Å². The number of aromatic nitrogens is 3. The Kier molecular flexibility index (Phi) is 7.34. The van der Waals surface area contributed by atoms with E-state index in [4.69, 9.17) is 11.6 Å². The highest BCUT2D eigenvalue weighted by Crippen LogP contribution is 2.33. The summed E-state index contributed by atoms with van der Waals surface area (Å²) in [5.41, 5.74) is 1.53. The van der Waals surface area contributed by atoms with E-state index in [9.17, 15) is 18.0 Å². The first kappa shape index (κ1) is 22.5. The van der Waals surface area contributed by atoms with E-state index in [0.717, 1.165) is 49.1 Å². The molecule has 1 aliphatic carbocycles. The summed E-state index contributed by atoms with van der Waals surface area (Å²) in [6.45, 7) is 1.46. The van der Waals surface area contributed by atoms with Crippen LogP contribution in [0.5, 0.6) is 0 Å². The second kappa shape index (κ2) is 9.77. The average molecular weight is 440 g/mol. The number of hydrogen-bond acceptors (Lipinski definition) is 3. The van der Waals surface area contributed by atoms with Gasteiger partial charge in [0, 0.05) is 11.8 Å². The fourth-order valence-corrected chi connectivity index (χ4v) is 4.19. The van der Waals surface area contributed by atoms with Gasteiger partial charge in [-0.15, -0.1) is 16.7 Å². The minimum Gasteiger partial charge on any atom is -0.295 e. The average Bonchev–Trinajstić information content (AvgIpc) is 3.13. The third-order valence-corrected chi connectivity index (χ3v) is 5.93. The number of carbonyl (C=O) groups excluding carboxylic acids is 1. The summed E-state index contributed by atoms with van der Waals surface area (Å²) in [5, 5.41) is 8.63. The highest BCUT2D eigenvalue weighted by molar-refractivity contribution is 6.18. The summed E-state index contributed by atoms with van der Waals surface area (Å²) in [5.74, 6) is -0.0408. The topological polar surface area (TPSA) is 47.8 Å². The molecule has 1 aliphatic rings. The lowest BCUT2D eigenvalue weighted by Crippen LogP contribution is -2.19. The molecule has 1 saturated carbocycles. The molecular weight excluding hydrogens is 415 g/mol. The van der Waals surface area contributed by atoms with Crippen LogP contribution in [0.4, 0.5) is 13.2 Å². The number of hydrogen-bond donors (Lipinski definition) is 0. The number of benzene rings is 1. The van der Waals surface area contributed by atoms with Crippen molar-refractivity contribution in [2.24, 2.45) is 0 Å². The molecule has 1 fully saturated rings. The lowest BCUT2D eigenvalue weighted by Gasteiger charge is -2.24. The monoisotopic (exact) mass is 439 g/mol. The number of allylic oxidation sites excluding steroid dienone is 1. The molecule has 2 aromatic rings. The Morgan fingerprint density at radius 1 is 1.23 bits per heavy atom. The molecule has 0 spiro atoms. The van der Waals surface area contributed by atoms with Gasteiger partial charge in [0.25, 0.3) is 0 Å². The Labute approximate surface area is 179 Å². The normalized spacial score (nSPS) is 16.8. The molecule has 0 N–H and O–H groups in total. The molecule has 4 nitrogen and oxygen atoms in total. The predicted molar refractivity (Wildman–Crippen MR) is 110 cm³/mol. The molecular formula is C22H25ClF3N3O. The Bertz CT molecular complexity index is 884. The zero-order valence-corrected chi connectivity index (χ0v) is 17.6. The number of nitrogens with zero attached hydrogens (tertiary/aromatic N) is 3. The highest BCUT2D eigenvalue weighted by atomic mass is 35.5. The summed E-state index contributed by atoms with van der Waals surface area (Å²) < 4.78 is 40.6. The zero-order valence-electron chi connectivity index (χ0n) is 16.8. The van der Waals surface area contributed by atoms with Gasteiger partial charge in [-0.2, -0.15) is 13.2 Å². The molecule has 0 amide bonds. The zero-order chi connectivity index (χ0) is 21.7. The van der Waals surface area contributed by atoms with Gasteiger partial charge < -0.3 is 0 Å². The van der Waals surface area contributed by atoms with Crippen LogP contribution in [0.25, 0.3) is 6.08 Å². The minimum absolute atomic E-state index is 0.0928. The van der Waals surface area contributed by atoms with Gasteiger partial charge >= 0.3 is 6.18 Å². The number of halogens is 4. The van der Waals surface area contributed by atoms with Gasteiger partial charge in [0.05, 0.1) is 17.3 Å². The van der Waals surface area contributed by atoms with E-state index in [0.29, 0.717) is 12.1 Å². The van der Waals surface area contributed by atoms with E-state index in [1.165, 1.54) is 31.6 Å². The molecule has 1 atom stereocenters. The van der Waals surface area contributed by atoms with Crippen molar-refractivity contribution >= 4 is 23.5 Å². The third kappa shape index (κ3) is 5.50. The smallest absolute Gasteiger partial charge is 0.295 e. The van der Waals surface area contributed by atoms with Crippen LogP contribution < -0.4 is 0 Å².